The Hall–Kier alpha value is -1.50. The number of amides is 1. The number of piperidine rings is 1. The summed E-state index contributed by atoms with van der Waals surface area (Å²) in [6.07, 6.45) is 7.21. The van der Waals surface area contributed by atoms with Crippen LogP contribution < -0.4 is 10.6 Å². The lowest BCUT2D eigenvalue weighted by molar-refractivity contribution is -0.132. The van der Waals surface area contributed by atoms with E-state index < -0.39 is 5.54 Å². The van der Waals surface area contributed by atoms with Crippen LogP contribution in [0.2, 0.25) is 0 Å². The molecule has 0 atom stereocenters. The van der Waals surface area contributed by atoms with Gasteiger partial charge in [0.25, 0.3) is 0 Å². The Morgan fingerprint density at radius 3 is 2.80 bits per heavy atom. The summed E-state index contributed by atoms with van der Waals surface area (Å²) in [4.78, 5) is 14.3. The van der Waals surface area contributed by atoms with E-state index in [0.29, 0.717) is 6.54 Å². The fraction of sp³-hybridized carbons (Fsp3) is 0.444. The molecule has 1 aliphatic heterocycles. The monoisotopic (exact) mass is 380 g/mol. The predicted molar refractivity (Wildman–Crippen MR) is 104 cm³/mol. The Bertz CT molecular complexity index is 699. The number of benzene rings is 1. The van der Waals surface area contributed by atoms with Crippen LogP contribution in [0.15, 0.2) is 41.6 Å². The quantitative estimate of drug-likeness (QED) is 0.783. The maximum atomic E-state index is 13.1. The average Bonchev–Trinajstić information content (AvgIpc) is 3.16. The molecule has 0 spiro atoms. The maximum Gasteiger partial charge on any atom is 0.248 e. The normalized spacial score (nSPS) is 16.1. The molecule has 0 unspecified atom stereocenters. The molecule has 1 fully saturated rings. The van der Waals surface area contributed by atoms with Gasteiger partial charge in [0.15, 0.2) is 0 Å². The van der Waals surface area contributed by atoms with Crippen molar-refractivity contribution >= 4 is 30.1 Å². The number of carbonyl (C=O) groups is 1. The van der Waals surface area contributed by atoms with Crippen LogP contribution in [0.3, 0.4) is 0 Å². The molecule has 1 saturated heterocycles. The van der Waals surface area contributed by atoms with Gasteiger partial charge >= 0.3 is 0 Å². The lowest BCUT2D eigenvalue weighted by Gasteiger charge is -2.36. The first kappa shape index (κ1) is 19.8. The molecule has 2 aromatic rings. The minimum Gasteiger partial charge on any atom is -0.350 e. The van der Waals surface area contributed by atoms with E-state index in [9.17, 15) is 4.79 Å². The summed E-state index contributed by atoms with van der Waals surface area (Å²) in [5.74, 6) is 0.0559. The van der Waals surface area contributed by atoms with Gasteiger partial charge in [0, 0.05) is 23.8 Å². The van der Waals surface area contributed by atoms with Crippen molar-refractivity contribution in [1.82, 2.24) is 20.4 Å². The fourth-order valence-electron chi connectivity index (χ4n) is 3.26. The first-order valence-electron chi connectivity index (χ1n) is 8.28. The van der Waals surface area contributed by atoms with E-state index >= 15 is 0 Å². The van der Waals surface area contributed by atoms with Gasteiger partial charge in [0.05, 0.1) is 0 Å². The second-order valence-corrected chi connectivity index (χ2v) is 7.08. The van der Waals surface area contributed by atoms with Crippen molar-refractivity contribution in [2.75, 3.05) is 19.3 Å². The largest absolute Gasteiger partial charge is 0.350 e. The number of hydrogen-bond acceptors (Lipinski definition) is 4. The van der Waals surface area contributed by atoms with Gasteiger partial charge in [-0.2, -0.15) is 5.10 Å². The smallest absolute Gasteiger partial charge is 0.248 e. The van der Waals surface area contributed by atoms with E-state index in [2.05, 4.69) is 47.1 Å². The Balaban J connectivity index is 0.00000225. The average molecular weight is 381 g/mol. The molecule has 136 valence electrons. The van der Waals surface area contributed by atoms with Gasteiger partial charge < -0.3 is 10.6 Å². The summed E-state index contributed by atoms with van der Waals surface area (Å²) < 4.78 is 1.83. The molecule has 1 amide bonds. The molecule has 1 aromatic carbocycles. The number of aromatic nitrogens is 2. The second-order valence-electron chi connectivity index (χ2n) is 6.23. The molecule has 0 saturated carbocycles. The van der Waals surface area contributed by atoms with Gasteiger partial charge in [0.1, 0.15) is 5.54 Å². The van der Waals surface area contributed by atoms with Gasteiger partial charge in [-0.25, -0.2) is 0 Å². The lowest BCUT2D eigenvalue weighted by atomic mass is 9.87. The SMILES string of the molecule is CSc1cc(C)ccc1CNC(=O)C1(n2cccn2)CCNCC1.Cl. The molecular weight excluding hydrogens is 356 g/mol. The third kappa shape index (κ3) is 4.19. The van der Waals surface area contributed by atoms with Gasteiger partial charge in [-0.05, 0) is 62.4 Å². The van der Waals surface area contributed by atoms with E-state index in [-0.39, 0.29) is 18.3 Å². The number of nitrogens with zero attached hydrogens (tertiary/aromatic N) is 2. The number of carbonyl (C=O) groups excluding carboxylic acids is 1. The van der Waals surface area contributed by atoms with Crippen LogP contribution in [0.4, 0.5) is 0 Å². The summed E-state index contributed by atoms with van der Waals surface area (Å²) in [7, 11) is 0. The summed E-state index contributed by atoms with van der Waals surface area (Å²) in [5.41, 5.74) is 1.81. The van der Waals surface area contributed by atoms with Crippen molar-refractivity contribution in [2.45, 2.75) is 36.7 Å². The molecule has 0 aliphatic carbocycles. The highest BCUT2D eigenvalue weighted by Gasteiger charge is 2.41. The van der Waals surface area contributed by atoms with Crippen LogP contribution >= 0.6 is 24.2 Å². The summed E-state index contributed by atoms with van der Waals surface area (Å²) >= 11 is 1.71. The minimum atomic E-state index is -0.584. The predicted octanol–water partition coefficient (Wildman–Crippen LogP) is 2.73. The van der Waals surface area contributed by atoms with Crippen LogP contribution in [0.25, 0.3) is 0 Å². The highest BCUT2D eigenvalue weighted by Crippen LogP contribution is 2.28. The summed E-state index contributed by atoms with van der Waals surface area (Å²) in [6, 6.07) is 8.24. The van der Waals surface area contributed by atoms with Gasteiger partial charge in [-0.15, -0.1) is 24.2 Å². The van der Waals surface area contributed by atoms with Crippen LogP contribution in [-0.4, -0.2) is 35.0 Å². The number of hydrogen-bond donors (Lipinski definition) is 2. The summed E-state index contributed by atoms with van der Waals surface area (Å²) in [5, 5.41) is 10.8. The van der Waals surface area contributed by atoms with E-state index in [0.717, 1.165) is 31.5 Å². The van der Waals surface area contributed by atoms with E-state index in [1.807, 2.05) is 16.9 Å². The lowest BCUT2D eigenvalue weighted by Crippen LogP contribution is -2.54. The van der Waals surface area contributed by atoms with Crippen LogP contribution in [0, 0.1) is 6.92 Å². The molecule has 0 radical (unpaired) electrons. The topological polar surface area (TPSA) is 59.0 Å². The first-order chi connectivity index (χ1) is 11.7. The molecular formula is C18H25ClN4OS. The molecule has 1 aromatic heterocycles. The zero-order valence-electron chi connectivity index (χ0n) is 14.6. The van der Waals surface area contributed by atoms with Crippen LogP contribution in [0.5, 0.6) is 0 Å². The van der Waals surface area contributed by atoms with Gasteiger partial charge in [-0.1, -0.05) is 12.1 Å². The Kier molecular flexibility index (Phi) is 6.93. The molecule has 3 rings (SSSR count). The van der Waals surface area contributed by atoms with E-state index in [1.165, 1.54) is 10.5 Å². The molecule has 2 heterocycles. The number of rotatable bonds is 5. The van der Waals surface area contributed by atoms with Crippen LogP contribution in [0.1, 0.15) is 24.0 Å². The van der Waals surface area contributed by atoms with Crippen LogP contribution in [-0.2, 0) is 16.9 Å². The second kappa shape index (κ2) is 8.74. The number of nitrogens with one attached hydrogen (secondary N) is 2. The third-order valence-electron chi connectivity index (χ3n) is 4.68. The Labute approximate surface area is 159 Å². The Morgan fingerprint density at radius 1 is 1.40 bits per heavy atom. The van der Waals surface area contributed by atoms with Crippen molar-refractivity contribution in [2.24, 2.45) is 0 Å². The van der Waals surface area contributed by atoms with E-state index in [1.54, 1.807) is 18.0 Å². The molecule has 25 heavy (non-hydrogen) atoms. The van der Waals surface area contributed by atoms with E-state index in [4.69, 9.17) is 0 Å². The Morgan fingerprint density at radius 2 is 2.16 bits per heavy atom. The van der Waals surface area contributed by atoms with Crippen molar-refractivity contribution in [3.8, 4) is 0 Å². The number of thioether (sulfide) groups is 1. The van der Waals surface area contributed by atoms with Crippen molar-refractivity contribution in [3.63, 3.8) is 0 Å². The zero-order chi connectivity index (χ0) is 17.0. The molecule has 1 aliphatic rings. The number of aryl methyl sites for hydroxylation is 1. The fourth-order valence-corrected chi connectivity index (χ4v) is 3.97. The summed E-state index contributed by atoms with van der Waals surface area (Å²) in [6.45, 7) is 4.29. The number of halogens is 1. The molecule has 5 nitrogen and oxygen atoms in total. The minimum absolute atomic E-state index is 0. The van der Waals surface area contributed by atoms with Gasteiger partial charge in [-0.3, -0.25) is 9.48 Å². The standard InChI is InChI=1S/C18H24N4OS.ClH/c1-14-4-5-15(16(12-14)24-2)13-20-17(23)18(6-9-19-10-7-18)22-11-3-8-21-22;/h3-5,8,11-12,19H,6-7,9-10,13H2,1-2H3,(H,20,23);1H. The highest BCUT2D eigenvalue weighted by atomic mass is 35.5. The van der Waals surface area contributed by atoms with Crippen molar-refractivity contribution in [3.05, 3.63) is 47.8 Å². The zero-order valence-corrected chi connectivity index (χ0v) is 16.3. The third-order valence-corrected chi connectivity index (χ3v) is 5.50. The highest BCUT2D eigenvalue weighted by molar-refractivity contribution is 7.98. The molecule has 0 bridgehead atoms. The van der Waals surface area contributed by atoms with Crippen molar-refractivity contribution in [1.29, 1.82) is 0 Å². The molecule has 2 N–H and O–H groups in total. The van der Waals surface area contributed by atoms with Crippen molar-refractivity contribution < 1.29 is 4.79 Å². The molecule has 7 heteroatoms. The maximum absolute atomic E-state index is 13.1. The first-order valence-corrected chi connectivity index (χ1v) is 9.51. The van der Waals surface area contributed by atoms with Gasteiger partial charge in [0.2, 0.25) is 5.91 Å².